The van der Waals surface area contributed by atoms with E-state index in [2.05, 4.69) is 15.1 Å². The number of halogens is 4. The molecule has 4 aromatic rings. The zero-order valence-electron chi connectivity index (χ0n) is 27.6. The van der Waals surface area contributed by atoms with Gasteiger partial charge in [-0.05, 0) is 42.7 Å². The van der Waals surface area contributed by atoms with Crippen molar-refractivity contribution >= 4 is 41.1 Å². The summed E-state index contributed by atoms with van der Waals surface area (Å²) in [5.74, 6) is -0.809. The van der Waals surface area contributed by atoms with Crippen LogP contribution in [-0.2, 0) is 22.1 Å². The molecule has 0 radical (unpaired) electrons. The number of pyridine rings is 1. The smallest absolute Gasteiger partial charge is 0.418 e. The average Bonchev–Trinajstić information content (AvgIpc) is 3.53. The summed E-state index contributed by atoms with van der Waals surface area (Å²) in [7, 11) is 0. The monoisotopic (exact) mass is 742 g/mol. The van der Waals surface area contributed by atoms with Crippen molar-refractivity contribution in [3.63, 3.8) is 0 Å². The van der Waals surface area contributed by atoms with Crippen molar-refractivity contribution in [3.8, 4) is 11.4 Å². The van der Waals surface area contributed by atoms with Gasteiger partial charge in [0.1, 0.15) is 5.82 Å². The number of anilines is 2. The maximum atomic E-state index is 13.9. The third kappa shape index (κ3) is 7.98. The van der Waals surface area contributed by atoms with E-state index in [0.717, 1.165) is 11.6 Å². The van der Waals surface area contributed by atoms with E-state index in [1.165, 1.54) is 32.8 Å². The highest BCUT2D eigenvalue weighted by molar-refractivity contribution is 6.33. The summed E-state index contributed by atoms with van der Waals surface area (Å²) in [5, 5.41) is 13.2. The number of nitrogen functional groups attached to an aromatic ring is 1. The molecule has 2 saturated heterocycles. The molecule has 2 fully saturated rings. The van der Waals surface area contributed by atoms with Crippen LogP contribution in [-0.4, -0.2) is 98.0 Å². The highest BCUT2D eigenvalue weighted by Crippen LogP contribution is 2.38. The summed E-state index contributed by atoms with van der Waals surface area (Å²) in [5.41, 5.74) is 4.15. The van der Waals surface area contributed by atoms with Gasteiger partial charge in [0, 0.05) is 57.4 Å². The number of aromatic amines is 1. The number of aromatic carboxylic acids is 1. The molecule has 0 aliphatic carbocycles. The van der Waals surface area contributed by atoms with Crippen LogP contribution in [0.25, 0.3) is 11.4 Å². The quantitative estimate of drug-likeness (QED) is 0.220. The second kappa shape index (κ2) is 15.0. The van der Waals surface area contributed by atoms with Gasteiger partial charge in [-0.2, -0.15) is 13.2 Å². The minimum absolute atomic E-state index is 0.00938. The zero-order chi connectivity index (χ0) is 37.2. The number of rotatable bonds is 8. The standard InChI is InChI=1S/C34H34ClF3N8O6/c35-25-17-20(16-24(28(25)39)34(36,37)38)18-26(30(47)44-14-12-43(13-15-44)27-7-6-22(19-40-27)31(48)49)52-33(51)45-10-8-23(9-11-45)46-32(50)41-29(42-46)21-4-2-1-3-5-21/h1-7,16-17,19,23,26H,8-15,18,39H2,(H,48,49)(H,41,42,50)/t26-/m1/s1. The lowest BCUT2D eigenvalue weighted by atomic mass is 10.0. The Hall–Kier alpha value is -5.58. The largest absolute Gasteiger partial charge is 0.478 e. The van der Waals surface area contributed by atoms with Gasteiger partial charge in [0.25, 0.3) is 5.91 Å². The van der Waals surface area contributed by atoms with Crippen molar-refractivity contribution < 1.29 is 37.4 Å². The molecule has 18 heteroatoms. The molecule has 52 heavy (non-hydrogen) atoms. The molecule has 2 aromatic carbocycles. The molecule has 274 valence electrons. The van der Waals surface area contributed by atoms with Crippen molar-refractivity contribution in [1.29, 1.82) is 0 Å². The SMILES string of the molecule is Nc1c(Cl)cc(C[C@@H](OC(=O)N2CCC(n3nc(-c4ccccc4)[nH]c3=O)CC2)C(=O)N2CCN(c3ccc(C(=O)O)cn3)CC2)cc1C(F)(F)F. The molecule has 4 heterocycles. The Morgan fingerprint density at radius 1 is 1.00 bits per heavy atom. The number of H-pyrrole nitrogens is 1. The lowest BCUT2D eigenvalue weighted by molar-refractivity contribution is -0.141. The Kier molecular flexibility index (Phi) is 10.4. The van der Waals surface area contributed by atoms with Gasteiger partial charge in [0.2, 0.25) is 0 Å². The molecule has 0 bridgehead atoms. The van der Waals surface area contributed by atoms with Crippen LogP contribution in [0.1, 0.15) is 40.4 Å². The molecular weight excluding hydrogens is 709 g/mol. The van der Waals surface area contributed by atoms with Crippen molar-refractivity contribution in [1.82, 2.24) is 29.5 Å². The lowest BCUT2D eigenvalue weighted by Gasteiger charge is -2.37. The molecule has 4 N–H and O–H groups in total. The second-order valence-corrected chi connectivity index (χ2v) is 12.9. The van der Waals surface area contributed by atoms with Gasteiger partial charge in [-0.1, -0.05) is 41.9 Å². The fourth-order valence-electron chi connectivity index (χ4n) is 6.28. The predicted octanol–water partition coefficient (Wildman–Crippen LogP) is 4.32. The number of aromatic nitrogens is 4. The summed E-state index contributed by atoms with van der Waals surface area (Å²) in [6.07, 6.45) is -5.63. The van der Waals surface area contributed by atoms with Crippen molar-refractivity contribution in [2.24, 2.45) is 0 Å². The number of piperazine rings is 1. The van der Waals surface area contributed by atoms with Crippen molar-refractivity contribution in [2.75, 3.05) is 49.9 Å². The number of ether oxygens (including phenoxy) is 1. The van der Waals surface area contributed by atoms with Crippen LogP contribution < -0.4 is 16.3 Å². The van der Waals surface area contributed by atoms with Crippen LogP contribution in [0.5, 0.6) is 0 Å². The predicted molar refractivity (Wildman–Crippen MR) is 183 cm³/mol. The number of hydrogen-bond donors (Lipinski definition) is 3. The van der Waals surface area contributed by atoms with E-state index in [4.69, 9.17) is 27.2 Å². The highest BCUT2D eigenvalue weighted by atomic mass is 35.5. The number of hydrogen-bond acceptors (Lipinski definition) is 9. The summed E-state index contributed by atoms with van der Waals surface area (Å²) in [6.45, 7) is 1.29. The number of benzene rings is 2. The van der Waals surface area contributed by atoms with Crippen LogP contribution >= 0.6 is 11.6 Å². The highest BCUT2D eigenvalue weighted by Gasteiger charge is 2.37. The molecule has 14 nitrogen and oxygen atoms in total. The number of nitrogens with zero attached hydrogens (tertiary/aromatic N) is 6. The fraction of sp³-hybridized carbons (Fsp3) is 0.353. The van der Waals surface area contributed by atoms with Crippen molar-refractivity contribution in [3.05, 3.63) is 93.0 Å². The number of carboxylic acids is 1. The molecule has 0 spiro atoms. The molecule has 2 amide bonds. The van der Waals surface area contributed by atoms with E-state index in [1.807, 2.05) is 35.2 Å². The summed E-state index contributed by atoms with van der Waals surface area (Å²) in [6, 6.07) is 13.8. The topological polar surface area (TPSA) is 180 Å². The first-order valence-corrected chi connectivity index (χ1v) is 16.7. The van der Waals surface area contributed by atoms with E-state index < -0.39 is 47.9 Å². The third-order valence-electron chi connectivity index (χ3n) is 9.10. The number of piperidine rings is 1. The molecule has 6 rings (SSSR count). The van der Waals surface area contributed by atoms with Crippen LogP contribution in [0.4, 0.5) is 29.5 Å². The van der Waals surface area contributed by atoms with Gasteiger partial charge in [-0.15, -0.1) is 5.10 Å². The van der Waals surface area contributed by atoms with Gasteiger partial charge >= 0.3 is 23.9 Å². The molecule has 0 unspecified atom stereocenters. The van der Waals surface area contributed by atoms with Crippen LogP contribution in [0.2, 0.25) is 5.02 Å². The van der Waals surface area contributed by atoms with E-state index in [-0.39, 0.29) is 54.1 Å². The number of nitrogens with two attached hydrogens (primary N) is 1. The lowest BCUT2D eigenvalue weighted by Crippen LogP contribution is -2.53. The molecule has 1 atom stereocenters. The van der Waals surface area contributed by atoms with Crippen LogP contribution in [0, 0.1) is 0 Å². The number of amides is 2. The number of carbonyl (C=O) groups is 3. The number of carbonyl (C=O) groups excluding carboxylic acids is 2. The van der Waals surface area contributed by atoms with E-state index in [9.17, 15) is 32.3 Å². The number of likely N-dealkylation sites (tertiary alicyclic amines) is 1. The zero-order valence-corrected chi connectivity index (χ0v) is 28.3. The summed E-state index contributed by atoms with van der Waals surface area (Å²) in [4.78, 5) is 63.0. The van der Waals surface area contributed by atoms with Crippen molar-refractivity contribution in [2.45, 2.75) is 37.6 Å². The minimum Gasteiger partial charge on any atom is -0.478 e. The maximum absolute atomic E-state index is 13.9. The second-order valence-electron chi connectivity index (χ2n) is 12.4. The first kappa shape index (κ1) is 36.2. The van der Waals surface area contributed by atoms with Gasteiger partial charge in [-0.25, -0.2) is 24.0 Å². The normalized spacial score (nSPS) is 16.1. The molecule has 2 aliphatic heterocycles. The Bertz CT molecular complexity index is 1990. The average molecular weight is 743 g/mol. The number of nitrogens with one attached hydrogen (secondary N) is 1. The Labute approximate surface area is 299 Å². The first-order valence-electron chi connectivity index (χ1n) is 16.4. The van der Waals surface area contributed by atoms with E-state index in [0.29, 0.717) is 37.6 Å². The van der Waals surface area contributed by atoms with Gasteiger partial charge in [0.05, 0.1) is 27.9 Å². The Balaban J connectivity index is 1.15. The first-order chi connectivity index (χ1) is 24.8. The Morgan fingerprint density at radius 3 is 2.31 bits per heavy atom. The molecular formula is C34H34ClF3N8O6. The van der Waals surface area contributed by atoms with E-state index >= 15 is 0 Å². The summed E-state index contributed by atoms with van der Waals surface area (Å²) >= 11 is 6.07. The number of alkyl halides is 3. The van der Waals surface area contributed by atoms with Gasteiger partial charge in [0.15, 0.2) is 11.9 Å². The third-order valence-corrected chi connectivity index (χ3v) is 9.41. The minimum atomic E-state index is -4.82. The Morgan fingerprint density at radius 2 is 1.69 bits per heavy atom. The molecule has 2 aromatic heterocycles. The molecule has 2 aliphatic rings. The van der Waals surface area contributed by atoms with Gasteiger partial charge < -0.3 is 30.3 Å². The van der Waals surface area contributed by atoms with Crippen LogP contribution in [0.15, 0.2) is 65.6 Å². The molecule has 0 saturated carbocycles. The maximum Gasteiger partial charge on any atom is 0.418 e. The summed E-state index contributed by atoms with van der Waals surface area (Å²) < 4.78 is 48.4. The van der Waals surface area contributed by atoms with Crippen LogP contribution in [0.3, 0.4) is 0 Å². The van der Waals surface area contributed by atoms with E-state index in [1.54, 1.807) is 6.07 Å². The van der Waals surface area contributed by atoms with Gasteiger partial charge in [-0.3, -0.25) is 9.78 Å². The fourth-order valence-corrected chi connectivity index (χ4v) is 6.52. The number of carboxylic acid groups (broad SMARTS) is 1.